The van der Waals surface area contributed by atoms with Crippen molar-refractivity contribution in [3.63, 3.8) is 0 Å². The van der Waals surface area contributed by atoms with Crippen molar-refractivity contribution in [2.75, 3.05) is 0 Å². The molecule has 1 amide bonds. The van der Waals surface area contributed by atoms with Crippen molar-refractivity contribution >= 4 is 46.9 Å². The lowest BCUT2D eigenvalue weighted by Crippen LogP contribution is -2.24. The molecule has 26 heavy (non-hydrogen) atoms. The van der Waals surface area contributed by atoms with Crippen molar-refractivity contribution in [2.24, 2.45) is 5.10 Å². The molecule has 0 unspecified atom stereocenters. The molecule has 9 nitrogen and oxygen atoms in total. The second-order valence-electron chi connectivity index (χ2n) is 5.03. The van der Waals surface area contributed by atoms with Crippen LogP contribution in [-0.2, 0) is 17.9 Å². The van der Waals surface area contributed by atoms with E-state index in [4.69, 9.17) is 34.8 Å². The molecule has 3 rings (SSSR count). The maximum atomic E-state index is 11.9. The molecule has 0 aliphatic rings. The largest absolute Gasteiger partial charge is 0.312 e. The Labute approximate surface area is 162 Å². The highest BCUT2D eigenvalue weighted by atomic mass is 35.5. The van der Waals surface area contributed by atoms with E-state index >= 15 is 0 Å². The summed E-state index contributed by atoms with van der Waals surface area (Å²) >= 11 is 17.5. The van der Waals surface area contributed by atoms with Crippen LogP contribution >= 0.6 is 34.8 Å². The molecule has 0 saturated carbocycles. The summed E-state index contributed by atoms with van der Waals surface area (Å²) in [5.74, 6) is -0.0405. The van der Waals surface area contributed by atoms with Crippen molar-refractivity contribution in [1.82, 2.24) is 35.2 Å². The second kappa shape index (κ2) is 8.26. The summed E-state index contributed by atoms with van der Waals surface area (Å²) < 4.78 is 1.56. The third-order valence-electron chi connectivity index (χ3n) is 3.10. The number of hydrazone groups is 1. The molecule has 12 heteroatoms. The summed E-state index contributed by atoms with van der Waals surface area (Å²) in [6.07, 6.45) is 2.96. The fourth-order valence-corrected chi connectivity index (χ4v) is 2.33. The number of imidazole rings is 1. The van der Waals surface area contributed by atoms with Crippen LogP contribution in [0.5, 0.6) is 0 Å². The molecule has 1 aromatic carbocycles. The number of carbonyl (C=O) groups is 1. The van der Waals surface area contributed by atoms with E-state index in [2.05, 4.69) is 30.9 Å². The number of hydrogen-bond acceptors (Lipinski definition) is 6. The smallest absolute Gasteiger partial charge is 0.263 e. The Kier molecular flexibility index (Phi) is 5.82. The van der Waals surface area contributed by atoms with Crippen LogP contribution in [0, 0.1) is 0 Å². The van der Waals surface area contributed by atoms with Gasteiger partial charge in [-0.25, -0.2) is 10.4 Å². The van der Waals surface area contributed by atoms with E-state index in [-0.39, 0.29) is 23.4 Å². The lowest BCUT2D eigenvalue weighted by molar-refractivity contribution is -0.122. The number of nitrogens with zero attached hydrogens (tertiary/aromatic N) is 7. The highest BCUT2D eigenvalue weighted by Crippen LogP contribution is 2.19. The van der Waals surface area contributed by atoms with E-state index in [9.17, 15) is 4.79 Å². The quantitative estimate of drug-likeness (QED) is 0.492. The molecule has 2 aromatic heterocycles. The van der Waals surface area contributed by atoms with E-state index in [1.54, 1.807) is 28.8 Å². The van der Waals surface area contributed by atoms with Crippen LogP contribution in [0.3, 0.4) is 0 Å². The molecule has 3 aromatic rings. The number of carbonyl (C=O) groups excluding carboxylic acids is 1. The van der Waals surface area contributed by atoms with Gasteiger partial charge in [0.1, 0.15) is 11.7 Å². The molecule has 0 aliphatic heterocycles. The Morgan fingerprint density at radius 1 is 1.23 bits per heavy atom. The van der Waals surface area contributed by atoms with Crippen molar-refractivity contribution in [3.8, 4) is 0 Å². The van der Waals surface area contributed by atoms with Gasteiger partial charge in [0.05, 0.1) is 19.1 Å². The summed E-state index contributed by atoms with van der Waals surface area (Å²) in [5, 5.41) is 16.7. The highest BCUT2D eigenvalue weighted by molar-refractivity contribution is 6.40. The minimum Gasteiger partial charge on any atom is -0.312 e. The minimum absolute atomic E-state index is 0.136. The molecule has 0 atom stereocenters. The third kappa shape index (κ3) is 4.78. The summed E-state index contributed by atoms with van der Waals surface area (Å²) in [5.41, 5.74) is 3.18. The predicted octanol–water partition coefficient (Wildman–Crippen LogP) is 2.03. The second-order valence-corrected chi connectivity index (χ2v) is 6.19. The first-order valence-electron chi connectivity index (χ1n) is 7.21. The summed E-state index contributed by atoms with van der Waals surface area (Å²) in [7, 11) is 0. The normalized spacial score (nSPS) is 11.2. The molecule has 0 radical (unpaired) electrons. The van der Waals surface area contributed by atoms with E-state index in [0.717, 1.165) is 10.4 Å². The first kappa shape index (κ1) is 18.3. The fourth-order valence-electron chi connectivity index (χ4n) is 1.90. The third-order valence-corrected chi connectivity index (χ3v) is 4.12. The van der Waals surface area contributed by atoms with E-state index in [0.29, 0.717) is 10.8 Å². The van der Waals surface area contributed by atoms with Crippen LogP contribution in [0.15, 0.2) is 35.7 Å². The SMILES string of the molecule is O=C(Cn1nnc(Cn2cnc(Cl)c2Cl)n1)N/N=C/c1ccc(Cl)cc1. The number of nitrogens with one attached hydrogen (secondary N) is 1. The van der Waals surface area contributed by atoms with Crippen LogP contribution in [-0.4, -0.2) is 41.9 Å². The van der Waals surface area contributed by atoms with Gasteiger partial charge in [-0.05, 0) is 22.9 Å². The van der Waals surface area contributed by atoms with E-state index in [1.165, 1.54) is 12.5 Å². The molecular weight excluding hydrogens is 403 g/mol. The summed E-state index contributed by atoms with van der Waals surface area (Å²) in [6, 6.07) is 7.00. The zero-order valence-electron chi connectivity index (χ0n) is 13.1. The average molecular weight is 414 g/mol. The maximum Gasteiger partial charge on any atom is 0.263 e. The van der Waals surface area contributed by atoms with Crippen LogP contribution in [0.4, 0.5) is 0 Å². The Morgan fingerprint density at radius 3 is 2.69 bits per heavy atom. The lowest BCUT2D eigenvalue weighted by atomic mass is 10.2. The number of amides is 1. The summed E-state index contributed by atoms with van der Waals surface area (Å²) in [6.45, 7) is 0.0955. The molecule has 2 heterocycles. The highest BCUT2D eigenvalue weighted by Gasteiger charge is 2.11. The number of benzene rings is 1. The molecular formula is C14H11Cl3N8O. The van der Waals surface area contributed by atoms with Crippen molar-refractivity contribution in [2.45, 2.75) is 13.1 Å². The van der Waals surface area contributed by atoms with Gasteiger partial charge in [0.25, 0.3) is 5.91 Å². The van der Waals surface area contributed by atoms with Gasteiger partial charge in [-0.15, -0.1) is 10.2 Å². The molecule has 0 spiro atoms. The fraction of sp³-hybridized carbons (Fsp3) is 0.143. The topological polar surface area (TPSA) is 103 Å². The van der Waals surface area contributed by atoms with Gasteiger partial charge < -0.3 is 4.57 Å². The molecule has 0 fully saturated rings. The Bertz CT molecular complexity index is 934. The van der Waals surface area contributed by atoms with Gasteiger partial charge in [0.2, 0.25) is 0 Å². The minimum atomic E-state index is -0.400. The molecule has 0 aliphatic carbocycles. The van der Waals surface area contributed by atoms with Crippen molar-refractivity contribution in [1.29, 1.82) is 0 Å². The lowest BCUT2D eigenvalue weighted by Gasteiger charge is -1.99. The van der Waals surface area contributed by atoms with Gasteiger partial charge in [-0.2, -0.15) is 9.90 Å². The van der Waals surface area contributed by atoms with Gasteiger partial charge in [0.15, 0.2) is 11.0 Å². The molecule has 0 saturated heterocycles. The van der Waals surface area contributed by atoms with Crippen LogP contribution < -0.4 is 5.43 Å². The zero-order chi connectivity index (χ0) is 18.5. The van der Waals surface area contributed by atoms with E-state index in [1.807, 2.05) is 0 Å². The number of rotatable bonds is 6. The summed E-state index contributed by atoms with van der Waals surface area (Å²) in [4.78, 5) is 16.9. The van der Waals surface area contributed by atoms with Gasteiger partial charge in [-0.1, -0.05) is 46.9 Å². The molecule has 0 bridgehead atoms. The van der Waals surface area contributed by atoms with Gasteiger partial charge >= 0.3 is 0 Å². The standard InChI is InChI=1S/C14H11Cl3N8O/c15-10-3-1-9(2-4-10)5-19-21-12(26)7-25-22-11(20-23-25)6-24-8-18-13(16)14(24)17/h1-5,8H,6-7H2,(H,21,26)/b19-5+. The first-order chi connectivity index (χ1) is 12.5. The Hall–Kier alpha value is -2.49. The van der Waals surface area contributed by atoms with Crippen molar-refractivity contribution in [3.05, 3.63) is 57.3 Å². The first-order valence-corrected chi connectivity index (χ1v) is 8.35. The Balaban J connectivity index is 1.52. The monoisotopic (exact) mass is 412 g/mol. The predicted molar refractivity (Wildman–Crippen MR) is 96.4 cm³/mol. The maximum absolute atomic E-state index is 11.9. The van der Waals surface area contributed by atoms with Crippen LogP contribution in [0.25, 0.3) is 0 Å². The number of aromatic nitrogens is 6. The molecule has 134 valence electrons. The Morgan fingerprint density at radius 2 is 2.00 bits per heavy atom. The van der Waals surface area contributed by atoms with Gasteiger partial charge in [-0.3, -0.25) is 4.79 Å². The zero-order valence-corrected chi connectivity index (χ0v) is 15.3. The van der Waals surface area contributed by atoms with Crippen LogP contribution in [0.1, 0.15) is 11.4 Å². The number of tetrazole rings is 1. The van der Waals surface area contributed by atoms with Crippen LogP contribution in [0.2, 0.25) is 15.3 Å². The van der Waals surface area contributed by atoms with Gasteiger partial charge in [0, 0.05) is 5.02 Å². The number of halogens is 3. The molecule has 1 N–H and O–H groups in total. The van der Waals surface area contributed by atoms with E-state index < -0.39 is 5.91 Å². The van der Waals surface area contributed by atoms with Crippen molar-refractivity contribution < 1.29 is 4.79 Å². The average Bonchev–Trinajstić information content (AvgIpc) is 3.18. The number of hydrogen-bond donors (Lipinski definition) is 1.